The van der Waals surface area contributed by atoms with Crippen molar-refractivity contribution in [2.75, 3.05) is 23.7 Å². The number of aromatic nitrogens is 2. The van der Waals surface area contributed by atoms with Crippen LogP contribution in [0.15, 0.2) is 54.9 Å². The summed E-state index contributed by atoms with van der Waals surface area (Å²) >= 11 is 0. The number of benzene rings is 1. The maximum atomic E-state index is 13.9. The highest BCUT2D eigenvalue weighted by Crippen LogP contribution is 2.23. The molecule has 3 N–H and O–H groups in total. The van der Waals surface area contributed by atoms with Gasteiger partial charge in [0.15, 0.2) is 0 Å². The zero-order valence-electron chi connectivity index (χ0n) is 17.0. The number of likely N-dealkylation sites (tertiary alicyclic amines) is 1. The van der Waals surface area contributed by atoms with E-state index in [4.69, 9.17) is 10.7 Å². The molecule has 8 nitrogen and oxygen atoms in total. The third kappa shape index (κ3) is 4.54. The first-order valence-corrected chi connectivity index (χ1v) is 9.97. The van der Waals surface area contributed by atoms with Crippen LogP contribution in [-0.2, 0) is 6.54 Å². The highest BCUT2D eigenvalue weighted by molar-refractivity contribution is 5.95. The number of pyridine rings is 2. The lowest BCUT2D eigenvalue weighted by Crippen LogP contribution is -2.49. The van der Waals surface area contributed by atoms with Gasteiger partial charge in [-0.3, -0.25) is 4.79 Å². The smallest absolute Gasteiger partial charge is 0.254 e. The summed E-state index contributed by atoms with van der Waals surface area (Å²) in [6.07, 6.45) is 4.22. The van der Waals surface area contributed by atoms with Gasteiger partial charge in [-0.25, -0.2) is 14.4 Å². The Labute approximate surface area is 184 Å². The quantitative estimate of drug-likeness (QED) is 0.494. The molecule has 1 aromatic carbocycles. The van der Waals surface area contributed by atoms with E-state index in [9.17, 15) is 9.18 Å². The molecule has 0 saturated carbocycles. The number of carbonyl (C=O) groups is 1. The predicted molar refractivity (Wildman–Crippen MR) is 118 cm³/mol. The number of amides is 1. The summed E-state index contributed by atoms with van der Waals surface area (Å²) in [5, 5.41) is 22.7. The van der Waals surface area contributed by atoms with Crippen LogP contribution in [0.3, 0.4) is 0 Å². The van der Waals surface area contributed by atoms with Gasteiger partial charge in [0.05, 0.1) is 12.0 Å². The van der Waals surface area contributed by atoms with Gasteiger partial charge in [-0.15, -0.1) is 0 Å². The van der Waals surface area contributed by atoms with Crippen LogP contribution in [0.2, 0.25) is 0 Å². The lowest BCUT2D eigenvalue weighted by Gasteiger charge is -2.35. The summed E-state index contributed by atoms with van der Waals surface area (Å²) in [6.45, 7) is 1.12. The highest BCUT2D eigenvalue weighted by Gasteiger charge is 2.31. The first-order chi connectivity index (χ1) is 15.6. The Morgan fingerprint density at radius 3 is 2.78 bits per heavy atom. The van der Waals surface area contributed by atoms with Crippen molar-refractivity contribution < 1.29 is 9.18 Å². The topological polar surface area (TPSA) is 118 Å². The monoisotopic (exact) mass is 429 g/mol. The molecule has 0 unspecified atom stereocenters. The van der Waals surface area contributed by atoms with Crippen LogP contribution in [0.25, 0.3) is 0 Å². The summed E-state index contributed by atoms with van der Waals surface area (Å²) in [4.78, 5) is 22.7. The van der Waals surface area contributed by atoms with E-state index in [-0.39, 0.29) is 24.2 Å². The van der Waals surface area contributed by atoms with Crippen LogP contribution in [0, 0.1) is 28.5 Å². The largest absolute Gasteiger partial charge is 0.380 e. The van der Waals surface area contributed by atoms with Crippen molar-refractivity contribution in [3.8, 4) is 6.07 Å². The van der Waals surface area contributed by atoms with Gasteiger partial charge in [0, 0.05) is 66.7 Å². The molecule has 1 aliphatic heterocycles. The van der Waals surface area contributed by atoms with Crippen LogP contribution < -0.4 is 10.6 Å². The van der Waals surface area contributed by atoms with E-state index in [1.165, 1.54) is 24.7 Å². The average molecular weight is 429 g/mol. The standard InChI is InChI=1S/C23H20FN7O/c24-19-4-2-1-3-17(19)11-28-20-8-22(29-12-18(20)10-26)30-21-7-16(5-6-27-21)23(32)31-13-15(9-25)14-31/h1-8,10,12,15,26H,11,13-14H2,(H2,27,28,29,30). The predicted octanol–water partition coefficient (Wildman–Crippen LogP) is 3.56. The van der Waals surface area contributed by atoms with Gasteiger partial charge in [0.1, 0.15) is 17.5 Å². The van der Waals surface area contributed by atoms with Crippen LogP contribution in [-0.4, -0.2) is 40.1 Å². The van der Waals surface area contributed by atoms with Crippen LogP contribution in [0.4, 0.5) is 21.7 Å². The number of nitrogens with zero attached hydrogens (tertiary/aromatic N) is 4. The fraction of sp³-hybridized carbons (Fsp3) is 0.174. The molecule has 0 spiro atoms. The molecule has 1 amide bonds. The molecule has 3 heterocycles. The summed E-state index contributed by atoms with van der Waals surface area (Å²) in [6, 6.07) is 13.6. The SMILES string of the molecule is N#CC1CN(C(=O)c2ccnc(Nc3cc(NCc4ccccc4F)c(C=N)cn3)c2)C1. The molecule has 0 aliphatic carbocycles. The molecule has 1 saturated heterocycles. The Hall–Kier alpha value is -4.32. The number of hydrogen-bond donors (Lipinski definition) is 3. The molecule has 0 bridgehead atoms. The Morgan fingerprint density at radius 2 is 2.03 bits per heavy atom. The fourth-order valence-corrected chi connectivity index (χ4v) is 3.31. The second-order valence-electron chi connectivity index (χ2n) is 7.34. The zero-order chi connectivity index (χ0) is 22.5. The molecule has 160 valence electrons. The summed E-state index contributed by atoms with van der Waals surface area (Å²) in [5.41, 5.74) is 2.13. The number of anilines is 3. The highest BCUT2D eigenvalue weighted by atomic mass is 19.1. The van der Waals surface area contributed by atoms with Crippen molar-refractivity contribution in [3.05, 3.63) is 77.4 Å². The Bertz CT molecular complexity index is 1200. The molecular weight excluding hydrogens is 409 g/mol. The third-order valence-electron chi connectivity index (χ3n) is 5.13. The average Bonchev–Trinajstić information content (AvgIpc) is 2.78. The van der Waals surface area contributed by atoms with E-state index in [0.29, 0.717) is 47.1 Å². The number of hydrogen-bond acceptors (Lipinski definition) is 7. The van der Waals surface area contributed by atoms with Gasteiger partial charge < -0.3 is 20.9 Å². The van der Waals surface area contributed by atoms with E-state index in [0.717, 1.165) is 0 Å². The number of halogens is 1. The van der Waals surface area contributed by atoms with Gasteiger partial charge in [-0.05, 0) is 18.2 Å². The summed E-state index contributed by atoms with van der Waals surface area (Å²) in [7, 11) is 0. The van der Waals surface area contributed by atoms with Gasteiger partial charge in [-0.1, -0.05) is 18.2 Å². The third-order valence-corrected chi connectivity index (χ3v) is 5.13. The Morgan fingerprint density at radius 1 is 1.25 bits per heavy atom. The van der Waals surface area contributed by atoms with Crippen molar-refractivity contribution in [1.29, 1.82) is 10.7 Å². The Balaban J connectivity index is 1.48. The van der Waals surface area contributed by atoms with Crippen molar-refractivity contribution in [2.24, 2.45) is 5.92 Å². The normalized spacial score (nSPS) is 13.1. The van der Waals surface area contributed by atoms with Crippen molar-refractivity contribution >= 4 is 29.4 Å². The van der Waals surface area contributed by atoms with E-state index >= 15 is 0 Å². The van der Waals surface area contributed by atoms with E-state index in [1.54, 1.807) is 41.3 Å². The molecule has 4 rings (SSSR count). The molecule has 1 fully saturated rings. The summed E-state index contributed by atoms with van der Waals surface area (Å²) in [5.74, 6) is 0.324. The number of carbonyl (C=O) groups excluding carboxylic acids is 1. The van der Waals surface area contributed by atoms with Gasteiger partial charge in [0.2, 0.25) is 0 Å². The van der Waals surface area contributed by atoms with E-state index in [2.05, 4.69) is 26.7 Å². The molecule has 1 aliphatic rings. The minimum absolute atomic E-state index is 0.106. The molecular formula is C23H20FN7O. The van der Waals surface area contributed by atoms with Crippen LogP contribution >= 0.6 is 0 Å². The van der Waals surface area contributed by atoms with Gasteiger partial charge in [0.25, 0.3) is 5.91 Å². The Kier molecular flexibility index (Phi) is 6.03. The second-order valence-corrected chi connectivity index (χ2v) is 7.34. The lowest BCUT2D eigenvalue weighted by molar-refractivity contribution is 0.0577. The van der Waals surface area contributed by atoms with Gasteiger partial charge >= 0.3 is 0 Å². The number of nitriles is 1. The number of rotatable bonds is 7. The fourth-order valence-electron chi connectivity index (χ4n) is 3.31. The van der Waals surface area contributed by atoms with Gasteiger partial charge in [-0.2, -0.15) is 5.26 Å². The van der Waals surface area contributed by atoms with Crippen LogP contribution in [0.1, 0.15) is 21.5 Å². The van der Waals surface area contributed by atoms with Crippen molar-refractivity contribution in [2.45, 2.75) is 6.54 Å². The first kappa shape index (κ1) is 20.9. The molecule has 9 heteroatoms. The van der Waals surface area contributed by atoms with Crippen LogP contribution in [0.5, 0.6) is 0 Å². The molecule has 0 atom stereocenters. The molecule has 2 aromatic heterocycles. The first-order valence-electron chi connectivity index (χ1n) is 9.97. The van der Waals surface area contributed by atoms with E-state index < -0.39 is 0 Å². The molecule has 32 heavy (non-hydrogen) atoms. The molecule has 3 aromatic rings. The lowest BCUT2D eigenvalue weighted by atomic mass is 10.0. The number of nitrogens with one attached hydrogen (secondary N) is 3. The zero-order valence-corrected chi connectivity index (χ0v) is 17.0. The summed E-state index contributed by atoms with van der Waals surface area (Å²) < 4.78 is 13.9. The van der Waals surface area contributed by atoms with Crippen molar-refractivity contribution in [1.82, 2.24) is 14.9 Å². The second kappa shape index (κ2) is 9.22. The minimum Gasteiger partial charge on any atom is -0.380 e. The molecule has 0 radical (unpaired) electrons. The minimum atomic E-state index is -0.308. The van der Waals surface area contributed by atoms with Crippen molar-refractivity contribution in [3.63, 3.8) is 0 Å². The van der Waals surface area contributed by atoms with E-state index in [1.807, 2.05) is 0 Å². The maximum Gasteiger partial charge on any atom is 0.254 e. The maximum absolute atomic E-state index is 13.9.